The van der Waals surface area contributed by atoms with Gasteiger partial charge in [0.1, 0.15) is 0 Å². The van der Waals surface area contributed by atoms with Gasteiger partial charge in [-0.25, -0.2) is 4.79 Å². The van der Waals surface area contributed by atoms with Crippen molar-refractivity contribution in [3.8, 4) is 6.07 Å². The Labute approximate surface area is 123 Å². The summed E-state index contributed by atoms with van der Waals surface area (Å²) in [6.07, 6.45) is 0.877. The van der Waals surface area contributed by atoms with Crippen LogP contribution in [0.3, 0.4) is 0 Å². The molecule has 2 N–H and O–H groups in total. The molecule has 0 aromatic heterocycles. The monoisotopic (exact) mass is 287 g/mol. The second-order valence-corrected chi connectivity index (χ2v) is 5.48. The van der Waals surface area contributed by atoms with Gasteiger partial charge in [-0.05, 0) is 38.0 Å². The lowest BCUT2D eigenvalue weighted by atomic mass is 9.80. The maximum Gasteiger partial charge on any atom is 0.321 e. The molecule has 0 bridgehead atoms. The zero-order valence-corrected chi connectivity index (χ0v) is 11.8. The number of carboxylic acid groups (broad SMARTS) is 1. The van der Waals surface area contributed by atoms with Gasteiger partial charge in [0.2, 0.25) is 0 Å². The van der Waals surface area contributed by atoms with Crippen LogP contribution in [0.2, 0.25) is 0 Å². The number of nitrogens with one attached hydrogen (secondary N) is 1. The van der Waals surface area contributed by atoms with E-state index in [1.54, 1.807) is 36.1 Å². The van der Waals surface area contributed by atoms with E-state index in [-0.39, 0.29) is 6.03 Å². The van der Waals surface area contributed by atoms with Crippen LogP contribution in [0.1, 0.15) is 25.3 Å². The molecule has 0 radical (unpaired) electrons. The first kappa shape index (κ1) is 14.9. The molecule has 1 aromatic rings. The van der Waals surface area contributed by atoms with Crippen LogP contribution in [0.4, 0.5) is 10.5 Å². The molecule has 1 aliphatic heterocycles. The average Bonchev–Trinajstić information content (AvgIpc) is 2.48. The smallest absolute Gasteiger partial charge is 0.321 e. The van der Waals surface area contributed by atoms with Crippen molar-refractivity contribution < 1.29 is 14.7 Å². The van der Waals surface area contributed by atoms with Gasteiger partial charge in [-0.3, -0.25) is 4.79 Å². The zero-order chi connectivity index (χ0) is 15.5. The molecule has 21 heavy (non-hydrogen) atoms. The van der Waals surface area contributed by atoms with Gasteiger partial charge >= 0.3 is 12.0 Å². The van der Waals surface area contributed by atoms with Crippen LogP contribution in [0.15, 0.2) is 24.3 Å². The number of carbonyl (C=O) groups excluding carboxylic acids is 1. The van der Waals surface area contributed by atoms with Crippen molar-refractivity contribution in [2.45, 2.75) is 19.8 Å². The number of rotatable bonds is 2. The van der Waals surface area contributed by atoms with E-state index in [4.69, 9.17) is 10.4 Å². The van der Waals surface area contributed by atoms with Crippen LogP contribution < -0.4 is 5.32 Å². The summed E-state index contributed by atoms with van der Waals surface area (Å²) in [7, 11) is 0. The molecule has 1 heterocycles. The molecule has 0 atom stereocenters. The predicted molar refractivity (Wildman–Crippen MR) is 76.7 cm³/mol. The van der Waals surface area contributed by atoms with Gasteiger partial charge in [-0.15, -0.1) is 0 Å². The van der Waals surface area contributed by atoms with Crippen molar-refractivity contribution in [1.29, 1.82) is 5.26 Å². The Kier molecular flexibility index (Phi) is 4.13. The number of carbonyl (C=O) groups is 2. The van der Waals surface area contributed by atoms with Crippen LogP contribution in [0.25, 0.3) is 0 Å². The number of anilines is 1. The highest BCUT2D eigenvalue weighted by atomic mass is 16.4. The van der Waals surface area contributed by atoms with E-state index < -0.39 is 11.4 Å². The molecule has 0 unspecified atom stereocenters. The predicted octanol–water partition coefficient (Wildman–Crippen LogP) is 2.28. The summed E-state index contributed by atoms with van der Waals surface area (Å²) in [6, 6.07) is 8.42. The Bertz CT molecular complexity index is 598. The molecule has 2 rings (SSSR count). The van der Waals surface area contributed by atoms with Crippen LogP contribution >= 0.6 is 0 Å². The number of nitriles is 1. The SMILES string of the molecule is CC1(C(=O)O)CCN(C(=O)Nc2cccc(C#N)c2)CC1. The standard InChI is InChI=1S/C15H17N3O3/c1-15(13(19)20)5-7-18(8-6-15)14(21)17-12-4-2-3-11(9-12)10-16/h2-4,9H,5-8H2,1H3,(H,17,21)(H,19,20). The van der Waals surface area contributed by atoms with Crippen molar-refractivity contribution >= 4 is 17.7 Å². The second-order valence-electron chi connectivity index (χ2n) is 5.48. The Morgan fingerprint density at radius 3 is 2.62 bits per heavy atom. The normalized spacial score (nSPS) is 16.9. The first-order chi connectivity index (χ1) is 9.94. The fourth-order valence-electron chi connectivity index (χ4n) is 2.29. The quantitative estimate of drug-likeness (QED) is 0.872. The van der Waals surface area contributed by atoms with E-state index in [0.29, 0.717) is 37.2 Å². The number of amides is 2. The largest absolute Gasteiger partial charge is 0.481 e. The molecule has 110 valence electrons. The molecular weight excluding hydrogens is 270 g/mol. The van der Waals surface area contributed by atoms with Gasteiger partial charge in [0, 0.05) is 18.8 Å². The Morgan fingerprint density at radius 1 is 1.38 bits per heavy atom. The van der Waals surface area contributed by atoms with Crippen molar-refractivity contribution in [3.05, 3.63) is 29.8 Å². The van der Waals surface area contributed by atoms with Gasteiger partial charge in [-0.2, -0.15) is 5.26 Å². The minimum atomic E-state index is -0.815. The number of nitrogens with zero attached hydrogens (tertiary/aromatic N) is 2. The number of likely N-dealkylation sites (tertiary alicyclic amines) is 1. The van der Waals surface area contributed by atoms with E-state index in [0.717, 1.165) is 0 Å². The van der Waals surface area contributed by atoms with E-state index in [1.807, 2.05) is 6.07 Å². The van der Waals surface area contributed by atoms with E-state index in [2.05, 4.69) is 5.32 Å². The fourth-order valence-corrected chi connectivity index (χ4v) is 2.29. The summed E-state index contributed by atoms with van der Waals surface area (Å²) in [5.74, 6) is -0.815. The molecule has 1 fully saturated rings. The zero-order valence-electron chi connectivity index (χ0n) is 11.8. The number of benzene rings is 1. The van der Waals surface area contributed by atoms with E-state index >= 15 is 0 Å². The third-order valence-corrected chi connectivity index (χ3v) is 3.91. The van der Waals surface area contributed by atoms with Crippen molar-refractivity contribution in [1.82, 2.24) is 4.90 Å². The summed E-state index contributed by atoms with van der Waals surface area (Å²) in [5, 5.41) is 20.7. The lowest BCUT2D eigenvalue weighted by Crippen LogP contribution is -2.46. The molecule has 0 spiro atoms. The summed E-state index contributed by atoms with van der Waals surface area (Å²) in [4.78, 5) is 24.9. The summed E-state index contributed by atoms with van der Waals surface area (Å²) in [6.45, 7) is 2.53. The topological polar surface area (TPSA) is 93.4 Å². The first-order valence-corrected chi connectivity index (χ1v) is 6.74. The average molecular weight is 287 g/mol. The number of carboxylic acids is 1. The highest BCUT2D eigenvalue weighted by Crippen LogP contribution is 2.31. The molecule has 1 saturated heterocycles. The van der Waals surface area contributed by atoms with Gasteiger partial charge in [0.05, 0.1) is 17.0 Å². The van der Waals surface area contributed by atoms with Gasteiger partial charge in [0.15, 0.2) is 0 Å². The number of hydrogen-bond acceptors (Lipinski definition) is 3. The molecule has 1 aromatic carbocycles. The van der Waals surface area contributed by atoms with E-state index in [1.165, 1.54) is 0 Å². The highest BCUT2D eigenvalue weighted by Gasteiger charge is 2.38. The van der Waals surface area contributed by atoms with Crippen LogP contribution in [0, 0.1) is 16.7 Å². The number of piperidine rings is 1. The molecule has 2 amide bonds. The number of hydrogen-bond donors (Lipinski definition) is 2. The molecule has 0 aliphatic carbocycles. The van der Waals surface area contributed by atoms with Gasteiger partial charge in [0.25, 0.3) is 0 Å². The Hall–Kier alpha value is -2.55. The van der Waals surface area contributed by atoms with Crippen molar-refractivity contribution in [3.63, 3.8) is 0 Å². The second kappa shape index (κ2) is 5.83. The molecule has 0 saturated carbocycles. The van der Waals surface area contributed by atoms with Crippen molar-refractivity contribution in [2.24, 2.45) is 5.41 Å². The molecule has 6 nitrogen and oxygen atoms in total. The highest BCUT2D eigenvalue weighted by molar-refractivity contribution is 5.89. The van der Waals surface area contributed by atoms with Gasteiger partial charge in [-0.1, -0.05) is 6.07 Å². The molecule has 6 heteroatoms. The lowest BCUT2D eigenvalue weighted by Gasteiger charge is -2.36. The number of urea groups is 1. The minimum Gasteiger partial charge on any atom is -0.481 e. The van der Waals surface area contributed by atoms with E-state index in [9.17, 15) is 9.59 Å². The van der Waals surface area contributed by atoms with Crippen LogP contribution in [-0.4, -0.2) is 35.1 Å². The Balaban J connectivity index is 1.96. The maximum atomic E-state index is 12.1. The third-order valence-electron chi connectivity index (χ3n) is 3.91. The summed E-state index contributed by atoms with van der Waals surface area (Å²) >= 11 is 0. The van der Waals surface area contributed by atoms with Crippen LogP contribution in [0.5, 0.6) is 0 Å². The summed E-state index contributed by atoms with van der Waals surface area (Å²) < 4.78 is 0. The number of aliphatic carboxylic acids is 1. The third kappa shape index (κ3) is 3.31. The first-order valence-electron chi connectivity index (χ1n) is 6.74. The van der Waals surface area contributed by atoms with Crippen LogP contribution in [-0.2, 0) is 4.79 Å². The maximum absolute atomic E-state index is 12.1. The summed E-state index contributed by atoms with van der Waals surface area (Å²) in [5.41, 5.74) is 0.285. The lowest BCUT2D eigenvalue weighted by molar-refractivity contribution is -0.150. The molecule has 1 aliphatic rings. The van der Waals surface area contributed by atoms with Crippen molar-refractivity contribution in [2.75, 3.05) is 18.4 Å². The molecular formula is C15H17N3O3. The Morgan fingerprint density at radius 2 is 2.05 bits per heavy atom. The van der Waals surface area contributed by atoms with Gasteiger partial charge < -0.3 is 15.3 Å². The fraction of sp³-hybridized carbons (Fsp3) is 0.400. The minimum absolute atomic E-state index is 0.266.